The number of aliphatic imine (C=N–C) groups is 1. The van der Waals surface area contributed by atoms with Crippen molar-refractivity contribution in [1.82, 2.24) is 4.90 Å². The monoisotopic (exact) mass is 169 g/mol. The van der Waals surface area contributed by atoms with Crippen LogP contribution in [-0.4, -0.2) is 38.2 Å². The summed E-state index contributed by atoms with van der Waals surface area (Å²) in [7, 11) is 3.36. The van der Waals surface area contributed by atoms with E-state index >= 15 is 0 Å². The summed E-state index contributed by atoms with van der Waals surface area (Å²) in [5.41, 5.74) is 7.13. The molecule has 0 aromatic heterocycles. The second kappa shape index (κ2) is 5.35. The van der Waals surface area contributed by atoms with Gasteiger partial charge in [-0.3, -0.25) is 9.79 Å². The van der Waals surface area contributed by atoms with Crippen LogP contribution in [0.25, 0.3) is 0 Å². The van der Waals surface area contributed by atoms with E-state index in [0.29, 0.717) is 12.2 Å². The predicted molar refractivity (Wildman–Crippen MR) is 50.0 cm³/mol. The summed E-state index contributed by atoms with van der Waals surface area (Å²) in [4.78, 5) is 15.6. The molecule has 0 aliphatic rings. The van der Waals surface area contributed by atoms with Crippen molar-refractivity contribution in [3.05, 3.63) is 11.3 Å². The van der Waals surface area contributed by atoms with Crippen LogP contribution in [0.5, 0.6) is 0 Å². The molecule has 0 rings (SSSR count). The molecule has 0 aliphatic carbocycles. The number of amides is 1. The highest BCUT2D eigenvalue weighted by atomic mass is 16.1. The van der Waals surface area contributed by atoms with Crippen LogP contribution >= 0.6 is 0 Å². The van der Waals surface area contributed by atoms with Crippen molar-refractivity contribution < 1.29 is 4.79 Å². The number of allylic oxidation sites excluding steroid dienone is 1. The summed E-state index contributed by atoms with van der Waals surface area (Å²) in [6.07, 6.45) is 2.42. The minimum absolute atomic E-state index is 0.503. The molecule has 0 radical (unpaired) electrons. The van der Waals surface area contributed by atoms with Gasteiger partial charge in [-0.1, -0.05) is 0 Å². The highest BCUT2D eigenvalue weighted by Gasteiger charge is 1.99. The number of rotatable bonds is 4. The van der Waals surface area contributed by atoms with E-state index in [-0.39, 0.29) is 0 Å². The number of nitrogens with zero attached hydrogens (tertiary/aromatic N) is 2. The molecule has 0 saturated carbocycles. The highest BCUT2D eigenvalue weighted by molar-refractivity contribution is 5.80. The summed E-state index contributed by atoms with van der Waals surface area (Å²) >= 11 is 0. The van der Waals surface area contributed by atoms with Gasteiger partial charge in [-0.05, 0) is 6.92 Å². The average Bonchev–Trinajstić information content (AvgIpc) is 2.03. The molecular weight excluding hydrogens is 154 g/mol. The SMILES string of the molecule is CN=C/C(CN(C)C=O)=C(/C)N. The van der Waals surface area contributed by atoms with Crippen LogP contribution in [0.2, 0.25) is 0 Å². The standard InChI is InChI=1S/C8H15N3O/c1-7(9)8(4-10-2)5-11(3)6-12/h4,6H,5,9H2,1-3H3/b8-7+,10-4?. The van der Waals surface area contributed by atoms with Crippen LogP contribution in [0.3, 0.4) is 0 Å². The van der Waals surface area contributed by atoms with E-state index in [9.17, 15) is 4.79 Å². The fourth-order valence-corrected chi connectivity index (χ4v) is 0.729. The van der Waals surface area contributed by atoms with Crippen molar-refractivity contribution in [2.24, 2.45) is 10.7 Å². The second-order valence-corrected chi connectivity index (χ2v) is 2.62. The van der Waals surface area contributed by atoms with Crippen molar-refractivity contribution >= 4 is 12.6 Å². The van der Waals surface area contributed by atoms with E-state index in [0.717, 1.165) is 12.0 Å². The van der Waals surface area contributed by atoms with E-state index in [2.05, 4.69) is 4.99 Å². The van der Waals surface area contributed by atoms with E-state index in [1.165, 1.54) is 4.90 Å². The van der Waals surface area contributed by atoms with Crippen molar-refractivity contribution in [3.63, 3.8) is 0 Å². The Bertz CT molecular complexity index is 204. The van der Waals surface area contributed by atoms with Crippen molar-refractivity contribution in [1.29, 1.82) is 0 Å². The van der Waals surface area contributed by atoms with Crippen LogP contribution in [0, 0.1) is 0 Å². The molecule has 0 aromatic carbocycles. The molecule has 0 heterocycles. The molecule has 0 aromatic rings. The maximum atomic E-state index is 10.3. The molecule has 0 aliphatic heterocycles. The highest BCUT2D eigenvalue weighted by Crippen LogP contribution is 1.96. The lowest BCUT2D eigenvalue weighted by atomic mass is 10.2. The van der Waals surface area contributed by atoms with E-state index < -0.39 is 0 Å². The summed E-state index contributed by atoms with van der Waals surface area (Å²) in [5, 5.41) is 0. The summed E-state index contributed by atoms with van der Waals surface area (Å²) in [5.74, 6) is 0. The van der Waals surface area contributed by atoms with Gasteiger partial charge in [-0.2, -0.15) is 0 Å². The third-order valence-corrected chi connectivity index (χ3v) is 1.39. The van der Waals surface area contributed by atoms with Gasteiger partial charge in [0.25, 0.3) is 0 Å². The topological polar surface area (TPSA) is 58.7 Å². The zero-order valence-corrected chi connectivity index (χ0v) is 7.74. The van der Waals surface area contributed by atoms with Crippen LogP contribution in [0.4, 0.5) is 0 Å². The van der Waals surface area contributed by atoms with Crippen LogP contribution < -0.4 is 5.73 Å². The van der Waals surface area contributed by atoms with Gasteiger partial charge in [0.15, 0.2) is 0 Å². The lowest BCUT2D eigenvalue weighted by molar-refractivity contribution is -0.116. The lowest BCUT2D eigenvalue weighted by Gasteiger charge is -2.11. The minimum Gasteiger partial charge on any atom is -0.402 e. The first kappa shape index (κ1) is 10.7. The number of hydrogen-bond acceptors (Lipinski definition) is 3. The van der Waals surface area contributed by atoms with Crippen LogP contribution in [-0.2, 0) is 4.79 Å². The summed E-state index contributed by atoms with van der Waals surface area (Å²) in [6, 6.07) is 0. The van der Waals surface area contributed by atoms with Crippen molar-refractivity contribution in [3.8, 4) is 0 Å². The van der Waals surface area contributed by atoms with Gasteiger partial charge in [0.2, 0.25) is 6.41 Å². The first-order valence-electron chi connectivity index (χ1n) is 3.64. The van der Waals surface area contributed by atoms with Crippen molar-refractivity contribution in [2.75, 3.05) is 20.6 Å². The maximum Gasteiger partial charge on any atom is 0.209 e. The largest absolute Gasteiger partial charge is 0.402 e. The van der Waals surface area contributed by atoms with Crippen molar-refractivity contribution in [2.45, 2.75) is 6.92 Å². The molecule has 12 heavy (non-hydrogen) atoms. The Morgan fingerprint density at radius 2 is 2.25 bits per heavy atom. The Labute approximate surface area is 72.8 Å². The molecule has 68 valence electrons. The fraction of sp³-hybridized carbons (Fsp3) is 0.500. The second-order valence-electron chi connectivity index (χ2n) is 2.62. The molecular formula is C8H15N3O. The number of nitrogens with two attached hydrogens (primary N) is 1. The van der Waals surface area contributed by atoms with Gasteiger partial charge in [0.05, 0.1) is 0 Å². The van der Waals surface area contributed by atoms with E-state index in [1.807, 2.05) is 0 Å². The van der Waals surface area contributed by atoms with Crippen LogP contribution in [0.1, 0.15) is 6.92 Å². The first-order valence-corrected chi connectivity index (χ1v) is 3.64. The van der Waals surface area contributed by atoms with E-state index in [1.54, 1.807) is 27.2 Å². The van der Waals surface area contributed by atoms with Gasteiger partial charge in [0, 0.05) is 38.1 Å². The Balaban J connectivity index is 4.35. The smallest absolute Gasteiger partial charge is 0.209 e. The Hall–Kier alpha value is -1.32. The molecule has 0 spiro atoms. The molecule has 0 unspecified atom stereocenters. The van der Waals surface area contributed by atoms with Gasteiger partial charge >= 0.3 is 0 Å². The fourth-order valence-electron chi connectivity index (χ4n) is 0.729. The number of carbonyl (C=O) groups is 1. The molecule has 0 atom stereocenters. The molecule has 0 fully saturated rings. The van der Waals surface area contributed by atoms with Crippen LogP contribution in [0.15, 0.2) is 16.3 Å². The third-order valence-electron chi connectivity index (χ3n) is 1.39. The molecule has 4 nitrogen and oxygen atoms in total. The zero-order valence-electron chi connectivity index (χ0n) is 7.74. The molecule has 2 N–H and O–H groups in total. The van der Waals surface area contributed by atoms with E-state index in [4.69, 9.17) is 5.73 Å². The normalized spacial score (nSPS) is 12.9. The average molecular weight is 169 g/mol. The molecule has 4 heteroatoms. The molecule has 0 saturated heterocycles. The Morgan fingerprint density at radius 3 is 2.58 bits per heavy atom. The number of carbonyl (C=O) groups excluding carboxylic acids is 1. The number of likely N-dealkylation sites (N-methyl/N-ethyl adjacent to an activating group) is 1. The minimum atomic E-state index is 0.503. The zero-order chi connectivity index (χ0) is 9.56. The van der Waals surface area contributed by atoms with Gasteiger partial charge in [-0.15, -0.1) is 0 Å². The van der Waals surface area contributed by atoms with Gasteiger partial charge in [-0.25, -0.2) is 0 Å². The Kier molecular flexibility index (Phi) is 4.76. The quantitative estimate of drug-likeness (QED) is 0.476. The maximum absolute atomic E-state index is 10.3. The predicted octanol–water partition coefficient (Wildman–Crippen LogP) is 0.00790. The lowest BCUT2D eigenvalue weighted by Crippen LogP contribution is -2.21. The molecule has 0 bridgehead atoms. The summed E-state index contributed by atoms with van der Waals surface area (Å²) in [6.45, 7) is 2.29. The molecule has 1 amide bonds. The number of hydrogen-bond donors (Lipinski definition) is 1. The summed E-state index contributed by atoms with van der Waals surface area (Å²) < 4.78 is 0. The van der Waals surface area contributed by atoms with Gasteiger partial charge in [0.1, 0.15) is 0 Å². The van der Waals surface area contributed by atoms with Gasteiger partial charge < -0.3 is 10.6 Å². The Morgan fingerprint density at radius 1 is 1.67 bits per heavy atom. The third kappa shape index (κ3) is 3.75. The first-order chi connectivity index (χ1) is 5.61.